The largest absolute Gasteiger partial charge is 0.462 e. The number of halogens is 1. The zero-order valence-electron chi connectivity index (χ0n) is 20.0. The number of carbonyl (C=O) groups is 4. The summed E-state index contributed by atoms with van der Waals surface area (Å²) in [6.07, 6.45) is 6.47. The average Bonchev–Trinajstić information content (AvgIpc) is 2.86. The number of unbranched alkanes of at least 4 members (excludes halogenated alkanes) is 5. The van der Waals surface area contributed by atoms with E-state index in [2.05, 4.69) is 28.2 Å². The van der Waals surface area contributed by atoms with E-state index in [1.54, 1.807) is 48.5 Å². The van der Waals surface area contributed by atoms with E-state index in [9.17, 15) is 19.2 Å². The van der Waals surface area contributed by atoms with Crippen LogP contribution in [0.1, 0.15) is 79.0 Å². The molecule has 35 heavy (non-hydrogen) atoms. The van der Waals surface area contributed by atoms with Gasteiger partial charge in [-0.1, -0.05) is 67.1 Å². The number of nitrogens with one attached hydrogen (secondary N) is 1. The first kappa shape index (κ1) is 28.2. The molecule has 1 amide bonds. The van der Waals surface area contributed by atoms with Gasteiger partial charge in [0.15, 0.2) is 12.4 Å². The van der Waals surface area contributed by atoms with Crippen molar-refractivity contribution in [3.8, 4) is 0 Å². The molecule has 0 aliphatic carbocycles. The second-order valence-electron chi connectivity index (χ2n) is 8.12. The third-order valence-corrected chi connectivity index (χ3v) is 5.75. The molecule has 0 heterocycles. The first-order chi connectivity index (χ1) is 16.9. The molecule has 2 aromatic carbocycles. The van der Waals surface area contributed by atoms with Crippen molar-refractivity contribution in [3.63, 3.8) is 0 Å². The number of amides is 1. The van der Waals surface area contributed by atoms with E-state index < -0.39 is 11.9 Å². The van der Waals surface area contributed by atoms with Gasteiger partial charge in [0.25, 0.3) is 0 Å². The van der Waals surface area contributed by atoms with E-state index in [0.29, 0.717) is 23.4 Å². The maximum Gasteiger partial charge on any atom is 0.338 e. The predicted molar refractivity (Wildman–Crippen MR) is 137 cm³/mol. The average molecular weight is 546 g/mol. The van der Waals surface area contributed by atoms with Crippen molar-refractivity contribution in [3.05, 3.63) is 64.1 Å². The van der Waals surface area contributed by atoms with E-state index in [0.717, 1.165) is 23.7 Å². The molecule has 1 N–H and O–H groups in total. The van der Waals surface area contributed by atoms with Crippen LogP contribution in [0.4, 0.5) is 5.69 Å². The lowest BCUT2D eigenvalue weighted by Crippen LogP contribution is -2.17. The molecule has 188 valence electrons. The zero-order chi connectivity index (χ0) is 25.5. The number of carbonyl (C=O) groups excluding carboxylic acids is 4. The van der Waals surface area contributed by atoms with Crippen molar-refractivity contribution < 1.29 is 28.7 Å². The highest BCUT2D eigenvalue weighted by Crippen LogP contribution is 2.13. The number of rotatable bonds is 15. The Bertz CT molecular complexity index is 972. The fourth-order valence-electron chi connectivity index (χ4n) is 3.20. The summed E-state index contributed by atoms with van der Waals surface area (Å²) in [5.74, 6) is -1.72. The third kappa shape index (κ3) is 11.3. The minimum absolute atomic E-state index is 0.0899. The Morgan fingerprint density at radius 2 is 1.40 bits per heavy atom. The highest BCUT2D eigenvalue weighted by molar-refractivity contribution is 9.10. The van der Waals surface area contributed by atoms with Gasteiger partial charge in [0, 0.05) is 22.1 Å². The number of anilines is 1. The van der Waals surface area contributed by atoms with Gasteiger partial charge >= 0.3 is 11.9 Å². The van der Waals surface area contributed by atoms with Crippen LogP contribution in [0.5, 0.6) is 0 Å². The van der Waals surface area contributed by atoms with Gasteiger partial charge in [-0.15, -0.1) is 0 Å². The molecule has 2 rings (SSSR count). The Hall–Kier alpha value is -3.00. The van der Waals surface area contributed by atoms with Gasteiger partial charge in [-0.25, -0.2) is 4.79 Å². The van der Waals surface area contributed by atoms with Gasteiger partial charge in [0.1, 0.15) is 0 Å². The molecule has 8 heteroatoms. The fraction of sp³-hybridized carbons (Fsp3) is 0.407. The molecule has 2 aromatic rings. The monoisotopic (exact) mass is 545 g/mol. The van der Waals surface area contributed by atoms with E-state index in [1.807, 2.05) is 0 Å². The summed E-state index contributed by atoms with van der Waals surface area (Å²) in [5.41, 5.74) is 1.35. The molecule has 0 bridgehead atoms. The minimum atomic E-state index is -0.630. The van der Waals surface area contributed by atoms with Gasteiger partial charge in [-0.05, 0) is 42.8 Å². The molecular weight excluding hydrogens is 514 g/mol. The van der Waals surface area contributed by atoms with Crippen molar-refractivity contribution >= 4 is 45.2 Å². The van der Waals surface area contributed by atoms with Crippen molar-refractivity contribution in [2.24, 2.45) is 0 Å². The molecule has 0 aliphatic rings. The van der Waals surface area contributed by atoms with Gasteiger partial charge in [0.2, 0.25) is 5.91 Å². The maximum atomic E-state index is 12.1. The molecule has 7 nitrogen and oxygen atoms in total. The highest BCUT2D eigenvalue weighted by Gasteiger charge is 2.13. The van der Waals surface area contributed by atoms with Crippen LogP contribution in [0.25, 0.3) is 0 Å². The fourth-order valence-corrected chi connectivity index (χ4v) is 3.46. The zero-order valence-corrected chi connectivity index (χ0v) is 21.6. The Balaban J connectivity index is 1.64. The second kappa shape index (κ2) is 15.8. The summed E-state index contributed by atoms with van der Waals surface area (Å²) in [6.45, 7) is 2.19. The smallest absolute Gasteiger partial charge is 0.338 e. The van der Waals surface area contributed by atoms with Gasteiger partial charge < -0.3 is 14.8 Å². The topological polar surface area (TPSA) is 98.8 Å². The van der Waals surface area contributed by atoms with E-state index in [-0.39, 0.29) is 31.1 Å². The lowest BCUT2D eigenvalue weighted by atomic mass is 10.1. The number of Topliss-reactive ketones (excluding diaryl/α,β-unsaturated/α-hetero) is 1. The molecule has 0 fully saturated rings. The van der Waals surface area contributed by atoms with E-state index in [4.69, 9.17) is 9.47 Å². The van der Waals surface area contributed by atoms with E-state index >= 15 is 0 Å². The summed E-state index contributed by atoms with van der Waals surface area (Å²) in [7, 11) is 0. The number of esters is 2. The molecule has 0 aromatic heterocycles. The molecular formula is C27H32BrNO6. The molecule has 0 unspecified atom stereocenters. The number of benzene rings is 2. The first-order valence-electron chi connectivity index (χ1n) is 11.9. The van der Waals surface area contributed by atoms with Crippen molar-refractivity contribution in [2.45, 2.75) is 58.3 Å². The first-order valence-corrected chi connectivity index (χ1v) is 12.7. The third-order valence-electron chi connectivity index (χ3n) is 5.22. The van der Waals surface area contributed by atoms with Crippen LogP contribution >= 0.6 is 15.9 Å². The van der Waals surface area contributed by atoms with Gasteiger partial charge in [0.05, 0.1) is 18.6 Å². The SMILES string of the molecule is CCCCCCCCOC(=O)c1ccc(NC(=O)CCC(=O)OCC(=O)c2ccc(Br)cc2)cc1. The highest BCUT2D eigenvalue weighted by atomic mass is 79.9. The Morgan fingerprint density at radius 1 is 0.771 bits per heavy atom. The number of ketones is 1. The summed E-state index contributed by atoms with van der Waals surface area (Å²) >= 11 is 3.29. The Labute approximate surface area is 214 Å². The van der Waals surface area contributed by atoms with Crippen LogP contribution in [0.2, 0.25) is 0 Å². The van der Waals surface area contributed by atoms with Crippen LogP contribution in [-0.2, 0) is 19.1 Å². The maximum absolute atomic E-state index is 12.1. The van der Waals surface area contributed by atoms with Crippen LogP contribution in [-0.4, -0.2) is 36.8 Å². The van der Waals surface area contributed by atoms with Gasteiger partial charge in [-0.2, -0.15) is 0 Å². The molecule has 0 radical (unpaired) electrons. The summed E-state index contributed by atoms with van der Waals surface area (Å²) in [4.78, 5) is 48.1. The molecule has 0 saturated carbocycles. The van der Waals surface area contributed by atoms with Crippen LogP contribution in [0.3, 0.4) is 0 Å². The molecule has 0 spiro atoms. The Kier molecular flexibility index (Phi) is 12.8. The lowest BCUT2D eigenvalue weighted by molar-refractivity contribution is -0.143. The number of ether oxygens (including phenoxy) is 2. The predicted octanol–water partition coefficient (Wildman–Crippen LogP) is 6.11. The minimum Gasteiger partial charge on any atom is -0.462 e. The van der Waals surface area contributed by atoms with Gasteiger partial charge in [-0.3, -0.25) is 14.4 Å². The van der Waals surface area contributed by atoms with Crippen LogP contribution < -0.4 is 5.32 Å². The second-order valence-corrected chi connectivity index (χ2v) is 9.04. The van der Waals surface area contributed by atoms with Crippen molar-refractivity contribution in [1.29, 1.82) is 0 Å². The van der Waals surface area contributed by atoms with Crippen molar-refractivity contribution in [2.75, 3.05) is 18.5 Å². The number of hydrogen-bond donors (Lipinski definition) is 1. The summed E-state index contributed by atoms with van der Waals surface area (Å²) < 4.78 is 11.1. The van der Waals surface area contributed by atoms with E-state index in [1.165, 1.54) is 19.3 Å². The summed E-state index contributed by atoms with van der Waals surface area (Å²) in [6, 6.07) is 13.1. The lowest BCUT2D eigenvalue weighted by Gasteiger charge is -2.08. The Morgan fingerprint density at radius 3 is 2.09 bits per heavy atom. The quantitative estimate of drug-likeness (QED) is 0.164. The standard InChI is InChI=1S/C27H32BrNO6/c1-2-3-4-5-6-7-18-34-27(33)21-10-14-23(15-11-21)29-25(31)16-17-26(32)35-19-24(30)20-8-12-22(28)13-9-20/h8-15H,2-7,16-19H2,1H3,(H,29,31). The van der Waals surface area contributed by atoms with Crippen LogP contribution in [0, 0.1) is 0 Å². The van der Waals surface area contributed by atoms with Crippen LogP contribution in [0.15, 0.2) is 53.0 Å². The molecule has 0 aliphatic heterocycles. The molecule has 0 atom stereocenters. The number of hydrogen-bond acceptors (Lipinski definition) is 6. The summed E-state index contributed by atoms with van der Waals surface area (Å²) in [5, 5.41) is 2.67. The normalized spacial score (nSPS) is 10.5. The molecule has 0 saturated heterocycles. The van der Waals surface area contributed by atoms with Crippen molar-refractivity contribution in [1.82, 2.24) is 0 Å².